The third-order valence-corrected chi connectivity index (χ3v) is 4.21. The van der Waals surface area contributed by atoms with E-state index in [0.717, 1.165) is 4.90 Å². The van der Waals surface area contributed by atoms with Crippen molar-refractivity contribution in [3.8, 4) is 0 Å². The molecule has 0 aromatic heterocycles. The van der Waals surface area contributed by atoms with E-state index < -0.39 is 0 Å². The predicted octanol–water partition coefficient (Wildman–Crippen LogP) is 2.81. The zero-order valence-corrected chi connectivity index (χ0v) is 14.1. The molecule has 0 saturated carbocycles. The summed E-state index contributed by atoms with van der Waals surface area (Å²) in [4.78, 5) is 26.3. The van der Waals surface area contributed by atoms with Crippen molar-refractivity contribution in [2.75, 3.05) is 18.8 Å². The van der Waals surface area contributed by atoms with Gasteiger partial charge >= 0.3 is 0 Å². The molecule has 0 radical (unpaired) electrons. The van der Waals surface area contributed by atoms with Gasteiger partial charge in [-0.15, -0.1) is 11.8 Å². The highest BCUT2D eigenvalue weighted by Crippen LogP contribution is 2.26. The number of carbonyl (C=O) groups is 2. The van der Waals surface area contributed by atoms with Gasteiger partial charge < -0.3 is 10.2 Å². The molecule has 1 aromatic carbocycles. The molecule has 1 N–H and O–H groups in total. The van der Waals surface area contributed by atoms with Crippen LogP contribution in [0.3, 0.4) is 0 Å². The first-order valence-electron chi connectivity index (χ1n) is 6.88. The first kappa shape index (κ1) is 17.9. The Morgan fingerprint density at radius 2 is 2.00 bits per heavy atom. The molecule has 116 valence electrons. The molecule has 21 heavy (non-hydrogen) atoms. The molecule has 1 aromatic rings. The van der Waals surface area contributed by atoms with E-state index in [4.69, 9.17) is 11.6 Å². The summed E-state index contributed by atoms with van der Waals surface area (Å²) in [5.41, 5.74) is 0. The van der Waals surface area contributed by atoms with Gasteiger partial charge in [0.2, 0.25) is 11.8 Å². The summed E-state index contributed by atoms with van der Waals surface area (Å²) < 4.78 is 0. The van der Waals surface area contributed by atoms with Crippen LogP contribution in [0.15, 0.2) is 29.2 Å². The van der Waals surface area contributed by atoms with Gasteiger partial charge in [-0.2, -0.15) is 0 Å². The Bertz CT molecular complexity index is 494. The lowest BCUT2D eigenvalue weighted by molar-refractivity contribution is -0.134. The molecule has 0 heterocycles. The molecule has 6 heteroatoms. The zero-order valence-electron chi connectivity index (χ0n) is 12.6. The summed E-state index contributed by atoms with van der Waals surface area (Å²) in [5.74, 6) is 0.0660. The van der Waals surface area contributed by atoms with Crippen LogP contribution in [0, 0.1) is 0 Å². The van der Waals surface area contributed by atoms with Crippen molar-refractivity contribution in [1.82, 2.24) is 10.2 Å². The minimum absolute atomic E-state index is 0.0682. The molecule has 0 aliphatic carbocycles. The number of nitrogens with one attached hydrogen (secondary N) is 1. The highest BCUT2D eigenvalue weighted by molar-refractivity contribution is 8.00. The van der Waals surface area contributed by atoms with Gasteiger partial charge in [-0.25, -0.2) is 0 Å². The topological polar surface area (TPSA) is 49.4 Å². The van der Waals surface area contributed by atoms with Crippen LogP contribution in [-0.2, 0) is 9.59 Å². The van der Waals surface area contributed by atoms with Crippen LogP contribution < -0.4 is 5.32 Å². The molecule has 0 fully saturated rings. The van der Waals surface area contributed by atoms with Crippen LogP contribution in [-0.4, -0.2) is 41.6 Å². The summed E-state index contributed by atoms with van der Waals surface area (Å²) in [5, 5.41) is 3.42. The normalized spacial score (nSPS) is 10.5. The van der Waals surface area contributed by atoms with Crippen molar-refractivity contribution in [2.45, 2.75) is 31.7 Å². The first-order valence-corrected chi connectivity index (χ1v) is 8.24. The van der Waals surface area contributed by atoms with Crippen molar-refractivity contribution in [3.63, 3.8) is 0 Å². The Labute approximate surface area is 135 Å². The largest absolute Gasteiger partial charge is 0.352 e. The van der Waals surface area contributed by atoms with Crippen molar-refractivity contribution in [2.24, 2.45) is 0 Å². The smallest absolute Gasteiger partial charge is 0.239 e. The third-order valence-electron chi connectivity index (χ3n) is 2.71. The molecule has 0 bridgehead atoms. The summed E-state index contributed by atoms with van der Waals surface area (Å²) in [6, 6.07) is 7.48. The Morgan fingerprint density at radius 3 is 2.57 bits per heavy atom. The summed E-state index contributed by atoms with van der Waals surface area (Å²) in [7, 11) is 0. The van der Waals surface area contributed by atoms with Gasteiger partial charge in [0, 0.05) is 17.5 Å². The monoisotopic (exact) mass is 328 g/mol. The minimum atomic E-state index is -0.136. The molecule has 0 unspecified atom stereocenters. The third kappa shape index (κ3) is 6.40. The number of halogens is 1. The Balaban J connectivity index is 2.52. The van der Waals surface area contributed by atoms with Crippen molar-refractivity contribution < 1.29 is 9.59 Å². The summed E-state index contributed by atoms with van der Waals surface area (Å²) in [6.45, 7) is 6.25. The maximum Gasteiger partial charge on any atom is 0.239 e. The van der Waals surface area contributed by atoms with Gasteiger partial charge in [0.25, 0.3) is 0 Å². The SMILES string of the molecule is CCN(CC(=O)NC(C)C)C(=O)CSc1ccccc1Cl. The van der Waals surface area contributed by atoms with E-state index in [1.807, 2.05) is 39.0 Å². The average molecular weight is 329 g/mol. The Kier molecular flexibility index (Phi) is 7.61. The van der Waals surface area contributed by atoms with Gasteiger partial charge in [-0.05, 0) is 32.9 Å². The number of nitrogens with zero attached hydrogens (tertiary/aromatic N) is 1. The fourth-order valence-electron chi connectivity index (χ4n) is 1.71. The molecular weight excluding hydrogens is 308 g/mol. The quantitative estimate of drug-likeness (QED) is 0.783. The number of likely N-dealkylation sites (N-methyl/N-ethyl adjacent to an activating group) is 1. The maximum absolute atomic E-state index is 12.2. The number of thioether (sulfide) groups is 1. The molecule has 4 nitrogen and oxygen atoms in total. The molecular formula is C15H21ClN2O2S. The standard InChI is InChI=1S/C15H21ClN2O2S/c1-4-18(9-14(19)17-11(2)3)15(20)10-21-13-8-6-5-7-12(13)16/h5-8,11H,4,9-10H2,1-3H3,(H,17,19). The second kappa shape index (κ2) is 8.95. The predicted molar refractivity (Wildman–Crippen MR) is 87.7 cm³/mol. The highest BCUT2D eigenvalue weighted by atomic mass is 35.5. The molecule has 0 aliphatic rings. The van der Waals surface area contributed by atoms with Crippen LogP contribution >= 0.6 is 23.4 Å². The molecule has 0 saturated heterocycles. The lowest BCUT2D eigenvalue weighted by Gasteiger charge is -2.21. The van der Waals surface area contributed by atoms with Crippen LogP contribution in [0.4, 0.5) is 0 Å². The zero-order chi connectivity index (χ0) is 15.8. The van der Waals surface area contributed by atoms with E-state index >= 15 is 0 Å². The number of amides is 2. The van der Waals surface area contributed by atoms with Gasteiger partial charge in [0.15, 0.2) is 0 Å². The molecule has 1 rings (SSSR count). The van der Waals surface area contributed by atoms with Crippen LogP contribution in [0.25, 0.3) is 0 Å². The van der Waals surface area contributed by atoms with Crippen LogP contribution in [0.1, 0.15) is 20.8 Å². The first-order chi connectivity index (χ1) is 9.93. The van der Waals surface area contributed by atoms with Crippen molar-refractivity contribution >= 4 is 35.2 Å². The Hall–Kier alpha value is -1.20. The highest BCUT2D eigenvalue weighted by Gasteiger charge is 2.16. The lowest BCUT2D eigenvalue weighted by Crippen LogP contribution is -2.43. The van der Waals surface area contributed by atoms with Crippen LogP contribution in [0.2, 0.25) is 5.02 Å². The molecule has 0 spiro atoms. The second-order valence-electron chi connectivity index (χ2n) is 4.85. The average Bonchev–Trinajstić information content (AvgIpc) is 2.42. The van der Waals surface area contributed by atoms with E-state index in [1.165, 1.54) is 11.8 Å². The lowest BCUT2D eigenvalue weighted by atomic mass is 10.3. The molecule has 0 atom stereocenters. The number of carbonyl (C=O) groups excluding carboxylic acids is 2. The Morgan fingerprint density at radius 1 is 1.33 bits per heavy atom. The number of hydrogen-bond donors (Lipinski definition) is 1. The van der Waals surface area contributed by atoms with Crippen molar-refractivity contribution in [3.05, 3.63) is 29.3 Å². The summed E-state index contributed by atoms with van der Waals surface area (Å²) in [6.07, 6.45) is 0. The summed E-state index contributed by atoms with van der Waals surface area (Å²) >= 11 is 7.44. The van der Waals surface area contributed by atoms with Gasteiger partial charge in [-0.3, -0.25) is 9.59 Å². The maximum atomic E-state index is 12.2. The fraction of sp³-hybridized carbons (Fsp3) is 0.467. The molecule has 2 amide bonds. The van der Waals surface area contributed by atoms with Crippen LogP contribution in [0.5, 0.6) is 0 Å². The minimum Gasteiger partial charge on any atom is -0.352 e. The van der Waals surface area contributed by atoms with Gasteiger partial charge in [0.1, 0.15) is 0 Å². The number of rotatable bonds is 7. The fourth-order valence-corrected chi connectivity index (χ4v) is 2.85. The molecule has 0 aliphatic heterocycles. The number of benzene rings is 1. The van der Waals surface area contributed by atoms with E-state index in [1.54, 1.807) is 11.0 Å². The second-order valence-corrected chi connectivity index (χ2v) is 6.27. The van der Waals surface area contributed by atoms with Gasteiger partial charge in [0.05, 0.1) is 17.3 Å². The van der Waals surface area contributed by atoms with E-state index in [9.17, 15) is 9.59 Å². The van der Waals surface area contributed by atoms with Gasteiger partial charge in [-0.1, -0.05) is 23.7 Å². The van der Waals surface area contributed by atoms with Crippen molar-refractivity contribution in [1.29, 1.82) is 0 Å². The van der Waals surface area contributed by atoms with E-state index in [0.29, 0.717) is 11.6 Å². The number of hydrogen-bond acceptors (Lipinski definition) is 3. The van der Waals surface area contributed by atoms with E-state index in [-0.39, 0.29) is 30.2 Å². The van der Waals surface area contributed by atoms with E-state index in [2.05, 4.69) is 5.32 Å².